The van der Waals surface area contributed by atoms with Gasteiger partial charge in [-0.05, 0) is 23.8 Å². The zero-order valence-electron chi connectivity index (χ0n) is 13.9. The predicted octanol–water partition coefficient (Wildman–Crippen LogP) is 4.09. The summed E-state index contributed by atoms with van der Waals surface area (Å²) in [6.45, 7) is 0.00555. The Balaban J connectivity index is 1.58. The predicted molar refractivity (Wildman–Crippen MR) is 92.1 cm³/mol. The number of nitrogens with zero attached hydrogens (tertiary/aromatic N) is 2. The van der Waals surface area contributed by atoms with Gasteiger partial charge in [0.15, 0.2) is 0 Å². The second-order valence-corrected chi connectivity index (χ2v) is 5.55. The number of benzene rings is 2. The summed E-state index contributed by atoms with van der Waals surface area (Å²) in [4.78, 5) is 15.9. The van der Waals surface area contributed by atoms with Crippen LogP contribution in [0.1, 0.15) is 17.0 Å². The molecule has 27 heavy (non-hydrogen) atoms. The number of hydrogen-bond acceptors (Lipinski definition) is 4. The maximum atomic E-state index is 12.6. The van der Waals surface area contributed by atoms with Crippen LogP contribution < -0.4 is 5.32 Å². The molecule has 0 aliphatic rings. The van der Waals surface area contributed by atoms with Gasteiger partial charge in [0.2, 0.25) is 17.6 Å². The van der Waals surface area contributed by atoms with Gasteiger partial charge in [0, 0.05) is 11.6 Å². The van der Waals surface area contributed by atoms with Crippen molar-refractivity contribution in [3.8, 4) is 11.4 Å². The van der Waals surface area contributed by atoms with Crippen LogP contribution in [0.5, 0.6) is 0 Å². The molecule has 138 valence electrons. The van der Waals surface area contributed by atoms with Gasteiger partial charge >= 0.3 is 6.18 Å². The minimum atomic E-state index is -4.40. The number of carbonyl (C=O) groups excluding carboxylic acids is 1. The zero-order valence-corrected chi connectivity index (χ0v) is 13.9. The molecule has 0 saturated carbocycles. The average Bonchev–Trinajstić information content (AvgIpc) is 3.14. The first-order chi connectivity index (χ1) is 12.9. The molecule has 3 aromatic rings. The van der Waals surface area contributed by atoms with Crippen molar-refractivity contribution >= 4 is 12.0 Å². The summed E-state index contributed by atoms with van der Waals surface area (Å²) in [6, 6.07) is 13.7. The van der Waals surface area contributed by atoms with Gasteiger partial charge in [-0.1, -0.05) is 47.6 Å². The van der Waals surface area contributed by atoms with Crippen molar-refractivity contribution in [2.24, 2.45) is 0 Å². The van der Waals surface area contributed by atoms with Gasteiger partial charge in [0.05, 0.1) is 12.1 Å². The Labute approximate surface area is 152 Å². The molecule has 0 spiro atoms. The SMILES string of the molecule is O=C(/C=C/c1ccccc1)NCc1nc(-c2ccc(C(F)(F)F)cc2)no1. The van der Waals surface area contributed by atoms with E-state index >= 15 is 0 Å². The molecule has 8 heteroatoms. The minimum absolute atomic E-state index is 0.00555. The van der Waals surface area contributed by atoms with Crippen molar-refractivity contribution in [3.05, 3.63) is 77.7 Å². The van der Waals surface area contributed by atoms with E-state index in [0.29, 0.717) is 5.56 Å². The van der Waals surface area contributed by atoms with Gasteiger partial charge in [-0.3, -0.25) is 4.79 Å². The van der Waals surface area contributed by atoms with Crippen molar-refractivity contribution in [1.29, 1.82) is 0 Å². The molecule has 3 rings (SSSR count). The van der Waals surface area contributed by atoms with Crippen LogP contribution in [-0.2, 0) is 17.5 Å². The van der Waals surface area contributed by atoms with Crippen LogP contribution >= 0.6 is 0 Å². The first-order valence-corrected chi connectivity index (χ1v) is 7.93. The molecule has 0 bridgehead atoms. The molecule has 2 aromatic carbocycles. The average molecular weight is 373 g/mol. The number of amides is 1. The standard InChI is InChI=1S/C19H14F3N3O2/c20-19(21,22)15-9-7-14(8-10-15)18-24-17(27-25-18)12-23-16(26)11-6-13-4-2-1-3-5-13/h1-11H,12H2,(H,23,26)/b11-6+. The highest BCUT2D eigenvalue weighted by Crippen LogP contribution is 2.30. The van der Waals surface area contributed by atoms with Crippen LogP contribution in [0.15, 0.2) is 65.2 Å². The van der Waals surface area contributed by atoms with Gasteiger partial charge in [-0.15, -0.1) is 0 Å². The first kappa shape index (κ1) is 18.4. The summed E-state index contributed by atoms with van der Waals surface area (Å²) >= 11 is 0. The maximum Gasteiger partial charge on any atom is 0.416 e. The van der Waals surface area contributed by atoms with Crippen molar-refractivity contribution in [2.75, 3.05) is 0 Å². The van der Waals surface area contributed by atoms with E-state index in [1.54, 1.807) is 6.08 Å². The van der Waals surface area contributed by atoms with E-state index in [1.807, 2.05) is 30.3 Å². The second-order valence-electron chi connectivity index (χ2n) is 5.55. The van der Waals surface area contributed by atoms with Gasteiger partial charge in [0.1, 0.15) is 0 Å². The van der Waals surface area contributed by atoms with Crippen molar-refractivity contribution < 1.29 is 22.5 Å². The Hall–Kier alpha value is -3.42. The molecular weight excluding hydrogens is 359 g/mol. The third-order valence-electron chi connectivity index (χ3n) is 3.58. The monoisotopic (exact) mass is 373 g/mol. The maximum absolute atomic E-state index is 12.6. The van der Waals surface area contributed by atoms with E-state index in [2.05, 4.69) is 15.5 Å². The molecule has 1 aromatic heterocycles. The first-order valence-electron chi connectivity index (χ1n) is 7.93. The van der Waals surface area contributed by atoms with Crippen LogP contribution in [0.3, 0.4) is 0 Å². The summed E-state index contributed by atoms with van der Waals surface area (Å²) < 4.78 is 42.7. The van der Waals surface area contributed by atoms with Gasteiger partial charge < -0.3 is 9.84 Å². The van der Waals surface area contributed by atoms with Crippen LogP contribution in [0.2, 0.25) is 0 Å². The molecule has 0 radical (unpaired) electrons. The van der Waals surface area contributed by atoms with E-state index in [1.165, 1.54) is 18.2 Å². The Morgan fingerprint density at radius 1 is 1.07 bits per heavy atom. The van der Waals surface area contributed by atoms with Crippen LogP contribution in [0.25, 0.3) is 17.5 Å². The molecule has 0 unspecified atom stereocenters. The lowest BCUT2D eigenvalue weighted by Gasteiger charge is -2.05. The van der Waals surface area contributed by atoms with Gasteiger partial charge in [-0.25, -0.2) is 0 Å². The summed E-state index contributed by atoms with van der Waals surface area (Å²) in [6.07, 6.45) is -1.36. The molecule has 5 nitrogen and oxygen atoms in total. The summed E-state index contributed by atoms with van der Waals surface area (Å²) in [7, 11) is 0. The molecule has 0 fully saturated rings. The highest BCUT2D eigenvalue weighted by molar-refractivity contribution is 5.91. The largest absolute Gasteiger partial charge is 0.416 e. The molecule has 1 N–H and O–H groups in total. The number of alkyl halides is 3. The number of halogens is 3. The van der Waals surface area contributed by atoms with E-state index < -0.39 is 11.7 Å². The van der Waals surface area contributed by atoms with Gasteiger partial charge in [0.25, 0.3) is 0 Å². The number of nitrogens with one attached hydrogen (secondary N) is 1. The third-order valence-corrected chi connectivity index (χ3v) is 3.58. The molecular formula is C19H14F3N3O2. The van der Waals surface area contributed by atoms with E-state index in [9.17, 15) is 18.0 Å². The Bertz CT molecular complexity index is 933. The second kappa shape index (κ2) is 7.86. The van der Waals surface area contributed by atoms with Crippen molar-refractivity contribution in [3.63, 3.8) is 0 Å². The van der Waals surface area contributed by atoms with E-state index in [-0.39, 0.29) is 24.2 Å². The number of rotatable bonds is 5. The molecule has 0 aliphatic heterocycles. The summed E-state index contributed by atoms with van der Waals surface area (Å²) in [5, 5.41) is 6.31. The fourth-order valence-corrected chi connectivity index (χ4v) is 2.21. The number of carbonyl (C=O) groups is 1. The Morgan fingerprint density at radius 2 is 1.78 bits per heavy atom. The summed E-state index contributed by atoms with van der Waals surface area (Å²) in [5.74, 6) is -0.0488. The Morgan fingerprint density at radius 3 is 2.44 bits per heavy atom. The molecule has 1 amide bonds. The quantitative estimate of drug-likeness (QED) is 0.684. The highest BCUT2D eigenvalue weighted by atomic mass is 19.4. The molecule has 0 saturated heterocycles. The number of hydrogen-bond donors (Lipinski definition) is 1. The third kappa shape index (κ3) is 5.04. The minimum Gasteiger partial charge on any atom is -0.343 e. The molecule has 0 atom stereocenters. The van der Waals surface area contributed by atoms with Gasteiger partial charge in [-0.2, -0.15) is 18.2 Å². The normalized spacial score (nSPS) is 11.7. The fourth-order valence-electron chi connectivity index (χ4n) is 2.21. The molecule has 0 aliphatic carbocycles. The summed E-state index contributed by atoms with van der Waals surface area (Å²) in [5.41, 5.74) is 0.510. The van der Waals surface area contributed by atoms with E-state index in [4.69, 9.17) is 4.52 Å². The van der Waals surface area contributed by atoms with E-state index in [0.717, 1.165) is 17.7 Å². The Kier molecular flexibility index (Phi) is 5.35. The van der Waals surface area contributed by atoms with Crippen molar-refractivity contribution in [1.82, 2.24) is 15.5 Å². The topological polar surface area (TPSA) is 68.0 Å². The smallest absolute Gasteiger partial charge is 0.343 e. The van der Waals surface area contributed by atoms with Crippen LogP contribution in [0, 0.1) is 0 Å². The van der Waals surface area contributed by atoms with Crippen LogP contribution in [0.4, 0.5) is 13.2 Å². The zero-order chi connectivity index (χ0) is 19.3. The molecule has 1 heterocycles. The van der Waals surface area contributed by atoms with Crippen molar-refractivity contribution in [2.45, 2.75) is 12.7 Å². The lowest BCUT2D eigenvalue weighted by Crippen LogP contribution is -2.20. The number of aromatic nitrogens is 2. The van der Waals surface area contributed by atoms with Crippen LogP contribution in [-0.4, -0.2) is 16.0 Å². The fraction of sp³-hybridized carbons (Fsp3) is 0.105. The lowest BCUT2D eigenvalue weighted by atomic mass is 10.1. The lowest BCUT2D eigenvalue weighted by molar-refractivity contribution is -0.137. The highest BCUT2D eigenvalue weighted by Gasteiger charge is 2.30.